The first kappa shape index (κ1) is 23.4. The van der Waals surface area contributed by atoms with Crippen LogP contribution in [-0.4, -0.2) is 71.4 Å². The fourth-order valence-electron chi connectivity index (χ4n) is 3.11. The lowest BCUT2D eigenvalue weighted by Gasteiger charge is -2.17. The molecule has 1 saturated heterocycles. The van der Waals surface area contributed by atoms with Gasteiger partial charge in [0.2, 0.25) is 10.0 Å². The van der Waals surface area contributed by atoms with Crippen LogP contribution in [0.25, 0.3) is 0 Å². The lowest BCUT2D eigenvalue weighted by atomic mass is 10.1. The van der Waals surface area contributed by atoms with Gasteiger partial charge in [0.25, 0.3) is 0 Å². The SMILES string of the molecule is CCOCCCNC(=NCc1ccc(OC)cc1)NCC1CCN(S(C)(=O)=O)C1. The van der Waals surface area contributed by atoms with E-state index in [1.54, 1.807) is 11.4 Å². The van der Waals surface area contributed by atoms with Crippen LogP contribution in [0.5, 0.6) is 5.75 Å². The molecule has 1 heterocycles. The molecule has 0 spiro atoms. The average Bonchev–Trinajstić information content (AvgIpc) is 3.19. The van der Waals surface area contributed by atoms with Gasteiger partial charge in [0, 0.05) is 39.4 Å². The molecule has 1 aliphatic rings. The van der Waals surface area contributed by atoms with E-state index in [-0.39, 0.29) is 5.92 Å². The number of rotatable bonds is 11. The highest BCUT2D eigenvalue weighted by molar-refractivity contribution is 7.88. The van der Waals surface area contributed by atoms with E-state index in [9.17, 15) is 8.42 Å². The number of hydrogen-bond acceptors (Lipinski definition) is 5. The van der Waals surface area contributed by atoms with Gasteiger partial charge in [-0.1, -0.05) is 12.1 Å². The first-order chi connectivity index (χ1) is 13.9. The highest BCUT2D eigenvalue weighted by Gasteiger charge is 2.28. The van der Waals surface area contributed by atoms with Gasteiger partial charge in [-0.2, -0.15) is 0 Å². The van der Waals surface area contributed by atoms with Crippen LogP contribution >= 0.6 is 0 Å². The molecule has 1 atom stereocenters. The topological polar surface area (TPSA) is 92.3 Å². The predicted octanol–water partition coefficient (Wildman–Crippen LogP) is 1.44. The molecule has 8 nitrogen and oxygen atoms in total. The number of benzene rings is 1. The minimum Gasteiger partial charge on any atom is -0.497 e. The fourth-order valence-corrected chi connectivity index (χ4v) is 4.03. The second-order valence-corrected chi connectivity index (χ2v) is 9.13. The molecule has 29 heavy (non-hydrogen) atoms. The molecule has 0 aromatic heterocycles. The van der Waals surface area contributed by atoms with Crippen LogP contribution in [0, 0.1) is 5.92 Å². The molecule has 0 saturated carbocycles. The van der Waals surface area contributed by atoms with Crippen LogP contribution in [0.4, 0.5) is 0 Å². The number of nitrogens with zero attached hydrogens (tertiary/aromatic N) is 2. The first-order valence-corrected chi connectivity index (χ1v) is 11.9. The zero-order valence-corrected chi connectivity index (χ0v) is 18.5. The summed E-state index contributed by atoms with van der Waals surface area (Å²) in [7, 11) is -1.47. The van der Waals surface area contributed by atoms with E-state index in [1.807, 2.05) is 31.2 Å². The molecule has 1 fully saturated rings. The van der Waals surface area contributed by atoms with Gasteiger partial charge < -0.3 is 20.1 Å². The maximum Gasteiger partial charge on any atom is 0.211 e. The molecule has 1 aromatic carbocycles. The Balaban J connectivity index is 1.89. The molecule has 1 unspecified atom stereocenters. The second kappa shape index (κ2) is 12.0. The third-order valence-corrected chi connectivity index (χ3v) is 6.09. The normalized spacial score (nSPS) is 18.0. The summed E-state index contributed by atoms with van der Waals surface area (Å²) < 4.78 is 35.5. The minimum absolute atomic E-state index is 0.279. The standard InChI is InChI=1S/C20H34N4O4S/c1-4-28-13-5-11-21-20(22-14-17-6-8-19(27-2)9-7-17)23-15-18-10-12-24(16-18)29(3,25)26/h6-9,18H,4-5,10-16H2,1-3H3,(H2,21,22,23). The number of methoxy groups -OCH3 is 1. The molecule has 0 radical (unpaired) electrons. The van der Waals surface area contributed by atoms with Crippen LogP contribution < -0.4 is 15.4 Å². The van der Waals surface area contributed by atoms with Crippen LogP contribution in [0.1, 0.15) is 25.3 Å². The van der Waals surface area contributed by atoms with Crippen LogP contribution in [0.15, 0.2) is 29.3 Å². The van der Waals surface area contributed by atoms with Crippen molar-refractivity contribution < 1.29 is 17.9 Å². The molecule has 9 heteroatoms. The van der Waals surface area contributed by atoms with E-state index in [0.29, 0.717) is 32.8 Å². The summed E-state index contributed by atoms with van der Waals surface area (Å²) in [4.78, 5) is 4.68. The maximum atomic E-state index is 11.7. The molecule has 0 bridgehead atoms. The van der Waals surface area contributed by atoms with E-state index in [2.05, 4.69) is 15.6 Å². The Bertz CT molecular complexity index is 737. The van der Waals surface area contributed by atoms with Crippen molar-refractivity contribution in [1.29, 1.82) is 0 Å². The van der Waals surface area contributed by atoms with E-state index < -0.39 is 10.0 Å². The third-order valence-electron chi connectivity index (χ3n) is 4.82. The summed E-state index contributed by atoms with van der Waals surface area (Å²) in [6.07, 6.45) is 3.02. The van der Waals surface area contributed by atoms with Gasteiger partial charge in [0.1, 0.15) is 5.75 Å². The van der Waals surface area contributed by atoms with Crippen molar-refractivity contribution in [3.05, 3.63) is 29.8 Å². The summed E-state index contributed by atoms with van der Waals surface area (Å²) in [5, 5.41) is 6.71. The van der Waals surface area contributed by atoms with Crippen LogP contribution in [-0.2, 0) is 21.3 Å². The number of guanidine groups is 1. The molecule has 0 amide bonds. The Labute approximate surface area is 174 Å². The van der Waals surface area contributed by atoms with Gasteiger partial charge in [-0.25, -0.2) is 17.7 Å². The lowest BCUT2D eigenvalue weighted by Crippen LogP contribution is -2.41. The third kappa shape index (κ3) is 8.59. The Morgan fingerprint density at radius 1 is 1.28 bits per heavy atom. The minimum atomic E-state index is -3.11. The maximum absolute atomic E-state index is 11.7. The van der Waals surface area contributed by atoms with Crippen molar-refractivity contribution in [1.82, 2.24) is 14.9 Å². The van der Waals surface area contributed by atoms with E-state index in [4.69, 9.17) is 9.47 Å². The summed E-state index contributed by atoms with van der Waals surface area (Å²) in [6.45, 7) is 6.55. The van der Waals surface area contributed by atoms with Crippen molar-refractivity contribution in [3.63, 3.8) is 0 Å². The largest absolute Gasteiger partial charge is 0.497 e. The molecule has 164 valence electrons. The van der Waals surface area contributed by atoms with Crippen LogP contribution in [0.2, 0.25) is 0 Å². The van der Waals surface area contributed by atoms with Crippen molar-refractivity contribution in [3.8, 4) is 5.75 Å². The summed E-state index contributed by atoms with van der Waals surface area (Å²) in [5.41, 5.74) is 1.09. The van der Waals surface area contributed by atoms with Gasteiger partial charge in [0.05, 0.1) is 19.9 Å². The Morgan fingerprint density at radius 2 is 2.03 bits per heavy atom. The Morgan fingerprint density at radius 3 is 2.66 bits per heavy atom. The smallest absolute Gasteiger partial charge is 0.211 e. The number of ether oxygens (including phenoxy) is 2. The number of sulfonamides is 1. The van der Waals surface area contributed by atoms with E-state index in [0.717, 1.165) is 43.3 Å². The lowest BCUT2D eigenvalue weighted by molar-refractivity contribution is 0.145. The first-order valence-electron chi connectivity index (χ1n) is 10.1. The number of aliphatic imine (C=N–C) groups is 1. The van der Waals surface area contributed by atoms with Gasteiger partial charge >= 0.3 is 0 Å². The fraction of sp³-hybridized carbons (Fsp3) is 0.650. The van der Waals surface area contributed by atoms with Crippen molar-refractivity contribution in [2.24, 2.45) is 10.9 Å². The average molecular weight is 427 g/mol. The van der Waals surface area contributed by atoms with Gasteiger partial charge in [-0.15, -0.1) is 0 Å². The number of hydrogen-bond donors (Lipinski definition) is 2. The van der Waals surface area contributed by atoms with E-state index in [1.165, 1.54) is 6.26 Å². The summed E-state index contributed by atoms with van der Waals surface area (Å²) >= 11 is 0. The summed E-state index contributed by atoms with van der Waals surface area (Å²) in [6, 6.07) is 7.84. The zero-order chi connectivity index (χ0) is 21.1. The van der Waals surface area contributed by atoms with Crippen molar-refractivity contribution in [2.45, 2.75) is 26.3 Å². The highest BCUT2D eigenvalue weighted by Crippen LogP contribution is 2.18. The van der Waals surface area contributed by atoms with Crippen molar-refractivity contribution in [2.75, 3.05) is 52.8 Å². The molecule has 0 aliphatic carbocycles. The van der Waals surface area contributed by atoms with Crippen molar-refractivity contribution >= 4 is 16.0 Å². The van der Waals surface area contributed by atoms with E-state index >= 15 is 0 Å². The highest BCUT2D eigenvalue weighted by atomic mass is 32.2. The molecular weight excluding hydrogens is 392 g/mol. The quantitative estimate of drug-likeness (QED) is 0.316. The second-order valence-electron chi connectivity index (χ2n) is 7.15. The molecular formula is C20H34N4O4S. The molecule has 1 aromatic rings. The van der Waals surface area contributed by atoms with Gasteiger partial charge in [0.15, 0.2) is 5.96 Å². The summed E-state index contributed by atoms with van der Waals surface area (Å²) in [5.74, 6) is 1.83. The predicted molar refractivity (Wildman–Crippen MR) is 116 cm³/mol. The Hall–Kier alpha value is -1.84. The van der Waals surface area contributed by atoms with Gasteiger partial charge in [-0.3, -0.25) is 0 Å². The zero-order valence-electron chi connectivity index (χ0n) is 17.7. The molecule has 2 N–H and O–H groups in total. The number of nitrogens with one attached hydrogen (secondary N) is 2. The van der Waals surface area contributed by atoms with Crippen LogP contribution in [0.3, 0.4) is 0 Å². The molecule has 2 rings (SSSR count). The monoisotopic (exact) mass is 426 g/mol. The Kier molecular flexibility index (Phi) is 9.69. The van der Waals surface area contributed by atoms with Gasteiger partial charge in [-0.05, 0) is 43.4 Å². The molecule has 1 aliphatic heterocycles.